The fourth-order valence-corrected chi connectivity index (χ4v) is 11.2. The summed E-state index contributed by atoms with van der Waals surface area (Å²) in [7, 11) is 1.66. The Morgan fingerprint density at radius 3 is 1.65 bits per heavy atom. The molecule has 16 heteroatoms. The molecule has 2 aromatic heterocycles. The number of fused-ring (bicyclic) bond motifs is 1. The molecule has 86 heavy (non-hydrogen) atoms. The van der Waals surface area contributed by atoms with Crippen molar-refractivity contribution in [2.75, 3.05) is 38.3 Å². The van der Waals surface area contributed by atoms with Gasteiger partial charge in [-0.05, 0) is 56.5 Å². The zero-order chi connectivity index (χ0) is 62.3. The molecule has 3 atom stereocenters. The Morgan fingerprint density at radius 2 is 1.13 bits per heavy atom. The van der Waals surface area contributed by atoms with Crippen molar-refractivity contribution in [3.8, 4) is 11.5 Å². The summed E-state index contributed by atoms with van der Waals surface area (Å²) >= 11 is 0. The zero-order valence-electron chi connectivity index (χ0n) is 54.5. The second kappa shape index (κ2) is 42.1. The summed E-state index contributed by atoms with van der Waals surface area (Å²) < 4.78 is 40.0. The van der Waals surface area contributed by atoms with Crippen LogP contribution in [0, 0.1) is 6.92 Å². The van der Waals surface area contributed by atoms with E-state index in [-0.39, 0.29) is 67.8 Å². The molecule has 0 bridgehead atoms. The quantitative estimate of drug-likeness (QED) is 0.0301. The monoisotopic (exact) mass is 1190 g/mol. The van der Waals surface area contributed by atoms with Gasteiger partial charge in [0.1, 0.15) is 25.3 Å². The van der Waals surface area contributed by atoms with Crippen molar-refractivity contribution in [3.63, 3.8) is 0 Å². The molecule has 1 unspecified atom stereocenters. The lowest BCUT2D eigenvalue weighted by atomic mass is 10.0. The van der Waals surface area contributed by atoms with E-state index in [9.17, 15) is 24.0 Å². The molecule has 3 heterocycles. The van der Waals surface area contributed by atoms with Gasteiger partial charge in [-0.2, -0.15) is 0 Å². The summed E-state index contributed by atoms with van der Waals surface area (Å²) in [6, 6.07) is 12.0. The molecule has 1 saturated heterocycles. The first-order valence-corrected chi connectivity index (χ1v) is 33.5. The molecule has 0 saturated carbocycles. The molecule has 0 N–H and O–H groups in total. The van der Waals surface area contributed by atoms with Gasteiger partial charge in [0, 0.05) is 32.9 Å². The van der Waals surface area contributed by atoms with Crippen molar-refractivity contribution in [2.24, 2.45) is 0 Å². The molecule has 478 valence electrons. The summed E-state index contributed by atoms with van der Waals surface area (Å²) in [4.78, 5) is 81.7. The number of carbonyl (C=O) groups is 5. The number of benzene rings is 2. The summed E-state index contributed by atoms with van der Waals surface area (Å²) in [5, 5.41) is 0. The van der Waals surface area contributed by atoms with Crippen LogP contribution in [0.4, 0.5) is 5.82 Å². The van der Waals surface area contributed by atoms with E-state index >= 15 is 0 Å². The van der Waals surface area contributed by atoms with Gasteiger partial charge in [-0.1, -0.05) is 225 Å². The van der Waals surface area contributed by atoms with E-state index in [2.05, 4.69) is 28.8 Å². The molecular weight excluding hydrogens is 1080 g/mol. The van der Waals surface area contributed by atoms with Crippen molar-refractivity contribution in [2.45, 2.75) is 278 Å². The number of anilines is 1. The summed E-state index contributed by atoms with van der Waals surface area (Å²) in [6.45, 7) is 8.71. The van der Waals surface area contributed by atoms with Crippen LogP contribution in [0.2, 0.25) is 0 Å². The van der Waals surface area contributed by atoms with Crippen LogP contribution in [0.15, 0.2) is 55.1 Å². The van der Waals surface area contributed by atoms with E-state index in [0.717, 1.165) is 36.1 Å². The normalized spacial score (nSPS) is 14.9. The lowest BCUT2D eigenvalue weighted by molar-refractivity contribution is -0.155. The number of aromatic nitrogens is 4. The van der Waals surface area contributed by atoms with Crippen LogP contribution < -0.4 is 14.4 Å². The summed E-state index contributed by atoms with van der Waals surface area (Å²) in [5.74, 6) is -1.42. The molecule has 0 spiro atoms. The van der Waals surface area contributed by atoms with E-state index < -0.39 is 42.2 Å². The van der Waals surface area contributed by atoms with Gasteiger partial charge in [-0.15, -0.1) is 0 Å². The zero-order valence-corrected chi connectivity index (χ0v) is 53.5. The molecule has 0 aliphatic carbocycles. The van der Waals surface area contributed by atoms with Crippen molar-refractivity contribution in [1.29, 1.82) is 0 Å². The lowest BCUT2D eigenvalue weighted by Crippen LogP contribution is -2.36. The van der Waals surface area contributed by atoms with E-state index in [1.807, 2.05) is 13.0 Å². The number of hydrogen-bond acceptors (Lipinski definition) is 13. The first kappa shape index (κ1) is 69.2. The fraction of sp³-hybridized carbons (Fsp3) is 0.686. The standard InChI is InChI=1S/C70H108N6O10/c1-7-9-11-13-15-17-19-21-23-25-27-29-31-33-35-40-47-82-61-51-59(50-55(3)66(61)84-48-41-36-34-32-30-28-26-24-22-20-18-16-14-12-10-8-2)69(80)74(6)46-49-83-63(78)44-45-64(79)86-60-52-62(85-56(60)4)75-54-73-65-67(75)71-53-72-68(65)76(57(5)77)70(81)58-42-38-37-39-43-58/h37-39,42-43,50-51,53-54,56,60,62H,7-36,40-41,44-49,52H2,1-6H3/t56-,60?,62-/m1/s1/i4D. The third kappa shape index (κ3) is 25.8. The maximum absolute atomic E-state index is 13.9. The Balaban J connectivity index is 1.04. The number of likely N-dealkylation sites (N-methyl/N-ethyl adjacent to an activating group) is 1. The molecule has 0 radical (unpaired) electrons. The van der Waals surface area contributed by atoms with Crippen LogP contribution in [0.25, 0.3) is 11.2 Å². The number of nitrogens with zero attached hydrogens (tertiary/aromatic N) is 6. The highest BCUT2D eigenvalue weighted by Crippen LogP contribution is 2.36. The topological polar surface area (TPSA) is 182 Å². The third-order valence-electron chi connectivity index (χ3n) is 16.4. The molecule has 4 aromatic rings. The number of imidazole rings is 1. The van der Waals surface area contributed by atoms with Crippen molar-refractivity contribution in [1.82, 2.24) is 24.4 Å². The van der Waals surface area contributed by atoms with Gasteiger partial charge < -0.3 is 28.6 Å². The van der Waals surface area contributed by atoms with Gasteiger partial charge in [0.2, 0.25) is 5.91 Å². The highest BCUT2D eigenvalue weighted by atomic mass is 16.6. The lowest BCUT2D eigenvalue weighted by Gasteiger charge is -2.20. The third-order valence-corrected chi connectivity index (χ3v) is 16.4. The van der Waals surface area contributed by atoms with Crippen LogP contribution in [-0.2, 0) is 28.6 Å². The average Bonchev–Trinajstić information content (AvgIpc) is 2.00. The Hall–Kier alpha value is -5.90. The van der Waals surface area contributed by atoms with E-state index in [1.165, 1.54) is 204 Å². The Kier molecular flexibility index (Phi) is 33.8. The number of ether oxygens (including phenoxy) is 5. The highest BCUT2D eigenvalue weighted by Gasteiger charge is 2.38. The predicted molar refractivity (Wildman–Crippen MR) is 342 cm³/mol. The number of rotatable bonds is 47. The molecular formula is C70H108N6O10. The number of esters is 2. The van der Waals surface area contributed by atoms with E-state index in [0.29, 0.717) is 30.3 Å². The minimum Gasteiger partial charge on any atom is -0.490 e. The first-order chi connectivity index (χ1) is 42.5. The maximum Gasteiger partial charge on any atom is 0.306 e. The van der Waals surface area contributed by atoms with Crippen LogP contribution in [0.1, 0.15) is 286 Å². The van der Waals surface area contributed by atoms with Gasteiger partial charge >= 0.3 is 11.9 Å². The number of carbonyl (C=O) groups excluding carboxylic acids is 5. The van der Waals surface area contributed by atoms with Crippen molar-refractivity contribution < 1.29 is 49.0 Å². The Morgan fingerprint density at radius 1 is 0.616 bits per heavy atom. The smallest absolute Gasteiger partial charge is 0.306 e. The number of aryl methyl sites for hydroxylation is 1. The van der Waals surface area contributed by atoms with Gasteiger partial charge in [-0.25, -0.2) is 19.9 Å². The van der Waals surface area contributed by atoms with Gasteiger partial charge in [-0.3, -0.25) is 28.5 Å². The van der Waals surface area contributed by atoms with Crippen LogP contribution in [0.5, 0.6) is 11.5 Å². The molecule has 1 fully saturated rings. The molecule has 1 aliphatic rings. The summed E-state index contributed by atoms with van der Waals surface area (Å²) in [6.07, 6.45) is 41.6. The largest absolute Gasteiger partial charge is 0.490 e. The average molecular weight is 1190 g/mol. The second-order valence-corrected chi connectivity index (χ2v) is 23.8. The number of imide groups is 1. The second-order valence-electron chi connectivity index (χ2n) is 23.8. The Bertz CT molecular complexity index is 2600. The maximum atomic E-state index is 13.9. The molecule has 5 rings (SSSR count). The number of hydrogen-bond donors (Lipinski definition) is 0. The van der Waals surface area contributed by atoms with Gasteiger partial charge in [0.15, 0.2) is 28.5 Å². The molecule has 1 aliphatic heterocycles. The van der Waals surface area contributed by atoms with Crippen LogP contribution in [0.3, 0.4) is 0 Å². The van der Waals surface area contributed by atoms with Crippen molar-refractivity contribution in [3.05, 3.63) is 71.8 Å². The van der Waals surface area contributed by atoms with Crippen LogP contribution in [-0.4, -0.2) is 99.7 Å². The van der Waals surface area contributed by atoms with Crippen LogP contribution >= 0.6 is 0 Å². The molecule has 3 amide bonds. The Labute approximate surface area is 517 Å². The van der Waals surface area contributed by atoms with E-state index in [4.69, 9.17) is 25.1 Å². The van der Waals surface area contributed by atoms with Gasteiger partial charge in [0.05, 0.1) is 45.0 Å². The van der Waals surface area contributed by atoms with Gasteiger partial charge in [0.25, 0.3) is 11.8 Å². The highest BCUT2D eigenvalue weighted by molar-refractivity contribution is 6.22. The SMILES string of the molecule is [2H]C[C@H]1O[C@@H](n2cnc3c(N(C(C)=O)C(=O)c4ccccc4)ncnc32)CC1OC(=O)CCC(=O)OCCN(C)C(=O)c1cc(C)c(OCCCCCCCCCCCCCCCCCC)c(OCCCCCCCCCCCCCCCCCC)c1. The minimum atomic E-state index is -0.819. The van der Waals surface area contributed by atoms with E-state index in [1.54, 1.807) is 48.0 Å². The minimum absolute atomic E-state index is 0.000612. The number of unbranched alkanes of at least 4 members (excludes halogenated alkanes) is 30. The first-order valence-electron chi connectivity index (χ1n) is 34.2. The fourth-order valence-electron chi connectivity index (χ4n) is 11.2. The molecule has 16 nitrogen and oxygen atoms in total. The summed E-state index contributed by atoms with van der Waals surface area (Å²) in [5.41, 5.74) is 2.02. The van der Waals surface area contributed by atoms with Crippen molar-refractivity contribution >= 4 is 46.6 Å². The predicted octanol–water partition coefficient (Wildman–Crippen LogP) is 16.9. The molecule has 2 aromatic carbocycles. The number of amides is 3.